The first-order valence-electron chi connectivity index (χ1n) is 3.28. The summed E-state index contributed by atoms with van der Waals surface area (Å²) in [5.74, 6) is 0.118. The fourth-order valence-electron chi connectivity index (χ4n) is 0.711. The molecule has 1 amide bonds. The third-order valence-electron chi connectivity index (χ3n) is 1.16. The predicted molar refractivity (Wildman–Crippen MR) is 48.0 cm³/mol. The van der Waals surface area contributed by atoms with Gasteiger partial charge in [-0.15, -0.1) is 0 Å². The molecular formula is C7H8ClN3O. The Labute approximate surface area is 74.7 Å². The van der Waals surface area contributed by atoms with Gasteiger partial charge in [-0.05, 0) is 6.07 Å². The van der Waals surface area contributed by atoms with Crippen molar-refractivity contribution in [2.45, 2.75) is 6.92 Å². The lowest BCUT2D eigenvalue weighted by molar-refractivity contribution is -0.114. The number of rotatable bonds is 1. The van der Waals surface area contributed by atoms with Gasteiger partial charge in [0, 0.05) is 6.92 Å². The lowest BCUT2D eigenvalue weighted by atomic mass is 10.4. The summed E-state index contributed by atoms with van der Waals surface area (Å²) in [5.41, 5.74) is 5.87. The first-order valence-corrected chi connectivity index (χ1v) is 3.66. The highest BCUT2D eigenvalue weighted by Crippen LogP contribution is 2.20. The molecule has 64 valence electrons. The van der Waals surface area contributed by atoms with E-state index in [-0.39, 0.29) is 5.91 Å². The Morgan fingerprint density at radius 2 is 2.42 bits per heavy atom. The van der Waals surface area contributed by atoms with Gasteiger partial charge in [0.2, 0.25) is 5.91 Å². The SMILES string of the molecule is CC(=O)Nc1ncc(N)cc1Cl. The molecule has 3 N–H and O–H groups in total. The minimum Gasteiger partial charge on any atom is -0.397 e. The third kappa shape index (κ3) is 2.10. The van der Waals surface area contributed by atoms with Crippen LogP contribution in [-0.2, 0) is 4.79 Å². The third-order valence-corrected chi connectivity index (χ3v) is 1.44. The average Bonchev–Trinajstić information content (AvgIpc) is 1.94. The molecule has 0 saturated carbocycles. The van der Waals surface area contributed by atoms with Crippen LogP contribution in [0.1, 0.15) is 6.92 Å². The van der Waals surface area contributed by atoms with Crippen LogP contribution in [0.2, 0.25) is 5.02 Å². The molecule has 0 fully saturated rings. The largest absolute Gasteiger partial charge is 0.397 e. The van der Waals surface area contributed by atoms with Gasteiger partial charge < -0.3 is 11.1 Å². The van der Waals surface area contributed by atoms with Gasteiger partial charge >= 0.3 is 0 Å². The van der Waals surface area contributed by atoms with Crippen molar-refractivity contribution in [3.05, 3.63) is 17.3 Å². The van der Waals surface area contributed by atoms with Crippen molar-refractivity contribution in [3.63, 3.8) is 0 Å². The van der Waals surface area contributed by atoms with Gasteiger partial charge in [0.25, 0.3) is 0 Å². The molecule has 0 aromatic carbocycles. The van der Waals surface area contributed by atoms with Crippen molar-refractivity contribution < 1.29 is 4.79 Å². The molecule has 1 aromatic heterocycles. The number of aromatic nitrogens is 1. The number of halogens is 1. The topological polar surface area (TPSA) is 68.0 Å². The van der Waals surface area contributed by atoms with Gasteiger partial charge in [0.1, 0.15) is 0 Å². The molecule has 0 saturated heterocycles. The molecule has 0 radical (unpaired) electrons. The Morgan fingerprint density at radius 1 is 1.75 bits per heavy atom. The summed E-state index contributed by atoms with van der Waals surface area (Å²) in [5, 5.41) is 2.80. The number of nitrogens with one attached hydrogen (secondary N) is 1. The normalized spacial score (nSPS) is 9.50. The minimum absolute atomic E-state index is 0.214. The van der Waals surface area contributed by atoms with E-state index in [0.717, 1.165) is 0 Å². The summed E-state index contributed by atoms with van der Waals surface area (Å²) in [6.07, 6.45) is 1.43. The average molecular weight is 186 g/mol. The summed E-state index contributed by atoms with van der Waals surface area (Å²) >= 11 is 5.72. The number of hydrogen-bond acceptors (Lipinski definition) is 3. The van der Waals surface area contributed by atoms with E-state index in [1.807, 2.05) is 0 Å². The Morgan fingerprint density at radius 3 is 2.92 bits per heavy atom. The van der Waals surface area contributed by atoms with Crippen LogP contribution in [0.15, 0.2) is 12.3 Å². The standard InChI is InChI=1S/C7H8ClN3O/c1-4(12)11-7-6(8)2-5(9)3-10-7/h2-3H,9H2,1H3,(H,10,11,12). The van der Waals surface area contributed by atoms with Crippen molar-refractivity contribution in [2.75, 3.05) is 11.1 Å². The zero-order valence-corrected chi connectivity index (χ0v) is 7.22. The maximum absolute atomic E-state index is 10.6. The molecule has 0 aliphatic heterocycles. The number of pyridine rings is 1. The van der Waals surface area contributed by atoms with E-state index in [9.17, 15) is 4.79 Å². The van der Waals surface area contributed by atoms with Crippen LogP contribution in [-0.4, -0.2) is 10.9 Å². The fourth-order valence-corrected chi connectivity index (χ4v) is 0.933. The monoisotopic (exact) mass is 185 g/mol. The highest BCUT2D eigenvalue weighted by molar-refractivity contribution is 6.33. The molecule has 1 heterocycles. The van der Waals surface area contributed by atoms with E-state index < -0.39 is 0 Å². The predicted octanol–water partition coefficient (Wildman–Crippen LogP) is 1.28. The van der Waals surface area contributed by atoms with Crippen molar-refractivity contribution >= 4 is 29.0 Å². The molecule has 0 aliphatic rings. The van der Waals surface area contributed by atoms with Crippen molar-refractivity contribution in [1.29, 1.82) is 0 Å². The first-order chi connectivity index (χ1) is 5.59. The van der Waals surface area contributed by atoms with Crippen LogP contribution in [0.4, 0.5) is 11.5 Å². The number of carbonyl (C=O) groups excluding carboxylic acids is 1. The molecule has 4 nitrogen and oxygen atoms in total. The molecule has 0 atom stereocenters. The van der Waals surface area contributed by atoms with Crippen LogP contribution in [0.3, 0.4) is 0 Å². The number of anilines is 2. The molecule has 5 heteroatoms. The van der Waals surface area contributed by atoms with Crippen LogP contribution in [0, 0.1) is 0 Å². The molecule has 0 bridgehead atoms. The summed E-state index contributed by atoms with van der Waals surface area (Å²) < 4.78 is 0. The quantitative estimate of drug-likeness (QED) is 0.693. The smallest absolute Gasteiger partial charge is 0.222 e. The summed E-state index contributed by atoms with van der Waals surface area (Å²) in [6, 6.07) is 1.53. The summed E-state index contributed by atoms with van der Waals surface area (Å²) in [4.78, 5) is 14.4. The molecular weight excluding hydrogens is 178 g/mol. The number of amides is 1. The molecule has 1 aromatic rings. The van der Waals surface area contributed by atoms with Gasteiger partial charge in [-0.2, -0.15) is 0 Å². The molecule has 0 aliphatic carbocycles. The van der Waals surface area contributed by atoms with E-state index in [4.69, 9.17) is 17.3 Å². The maximum atomic E-state index is 10.6. The van der Waals surface area contributed by atoms with Gasteiger partial charge in [-0.1, -0.05) is 11.6 Å². The minimum atomic E-state index is -0.214. The highest BCUT2D eigenvalue weighted by atomic mass is 35.5. The summed E-state index contributed by atoms with van der Waals surface area (Å²) in [7, 11) is 0. The zero-order valence-electron chi connectivity index (χ0n) is 6.47. The molecule has 0 spiro atoms. The Balaban J connectivity index is 2.93. The summed E-state index contributed by atoms with van der Waals surface area (Å²) in [6.45, 7) is 1.38. The number of nitrogen functional groups attached to an aromatic ring is 1. The lowest BCUT2D eigenvalue weighted by Crippen LogP contribution is -2.08. The van der Waals surface area contributed by atoms with Crippen molar-refractivity contribution in [2.24, 2.45) is 0 Å². The van der Waals surface area contributed by atoms with E-state index in [1.165, 1.54) is 19.2 Å². The van der Waals surface area contributed by atoms with E-state index >= 15 is 0 Å². The zero-order chi connectivity index (χ0) is 9.14. The van der Waals surface area contributed by atoms with Crippen LogP contribution < -0.4 is 11.1 Å². The second kappa shape index (κ2) is 3.40. The second-order valence-electron chi connectivity index (χ2n) is 2.28. The molecule has 0 unspecified atom stereocenters. The highest BCUT2D eigenvalue weighted by Gasteiger charge is 2.02. The Kier molecular flexibility index (Phi) is 2.50. The van der Waals surface area contributed by atoms with Gasteiger partial charge in [0.05, 0.1) is 16.9 Å². The number of hydrogen-bond donors (Lipinski definition) is 2. The number of nitrogens with two attached hydrogens (primary N) is 1. The fraction of sp³-hybridized carbons (Fsp3) is 0.143. The van der Waals surface area contributed by atoms with Crippen molar-refractivity contribution in [3.8, 4) is 0 Å². The van der Waals surface area contributed by atoms with Crippen LogP contribution in [0.25, 0.3) is 0 Å². The van der Waals surface area contributed by atoms with E-state index in [0.29, 0.717) is 16.5 Å². The maximum Gasteiger partial charge on any atom is 0.222 e. The van der Waals surface area contributed by atoms with Crippen LogP contribution >= 0.6 is 11.6 Å². The Hall–Kier alpha value is -1.29. The first kappa shape index (κ1) is 8.80. The van der Waals surface area contributed by atoms with E-state index in [2.05, 4.69) is 10.3 Å². The van der Waals surface area contributed by atoms with Gasteiger partial charge in [-0.25, -0.2) is 4.98 Å². The van der Waals surface area contributed by atoms with Gasteiger partial charge in [-0.3, -0.25) is 4.79 Å². The number of carbonyl (C=O) groups is 1. The van der Waals surface area contributed by atoms with Crippen LogP contribution in [0.5, 0.6) is 0 Å². The molecule has 1 rings (SSSR count). The lowest BCUT2D eigenvalue weighted by Gasteiger charge is -2.03. The number of nitrogens with zero attached hydrogens (tertiary/aromatic N) is 1. The Bertz CT molecular complexity index is 314. The molecule has 12 heavy (non-hydrogen) atoms. The van der Waals surface area contributed by atoms with Gasteiger partial charge in [0.15, 0.2) is 5.82 Å². The van der Waals surface area contributed by atoms with Crippen molar-refractivity contribution in [1.82, 2.24) is 4.98 Å². The second-order valence-corrected chi connectivity index (χ2v) is 2.69. The van der Waals surface area contributed by atoms with E-state index in [1.54, 1.807) is 0 Å².